The molecule has 1 aromatic heterocycles. The molecule has 0 spiro atoms. The van der Waals surface area contributed by atoms with Gasteiger partial charge in [-0.2, -0.15) is 0 Å². The quantitative estimate of drug-likeness (QED) is 0.775. The van der Waals surface area contributed by atoms with Gasteiger partial charge in [0.2, 0.25) is 0 Å². The summed E-state index contributed by atoms with van der Waals surface area (Å²) in [4.78, 5) is 4.27. The second-order valence-corrected chi connectivity index (χ2v) is 4.25. The largest absolute Gasteiger partial charge is 0.383 e. The summed E-state index contributed by atoms with van der Waals surface area (Å²) < 4.78 is 0. The first-order chi connectivity index (χ1) is 6.66. The van der Waals surface area contributed by atoms with Crippen LogP contribution in [-0.4, -0.2) is 4.98 Å². The van der Waals surface area contributed by atoms with E-state index in [2.05, 4.69) is 37.0 Å². The fraction of sp³-hybridized carbons (Fsp3) is 0.182. The number of thiazole rings is 1. The van der Waals surface area contributed by atoms with Crippen molar-refractivity contribution in [3.63, 3.8) is 0 Å². The van der Waals surface area contributed by atoms with E-state index in [1.807, 2.05) is 5.38 Å². The monoisotopic (exact) mass is 204 g/mol. The highest BCUT2D eigenvalue weighted by molar-refractivity contribution is 7.13. The van der Waals surface area contributed by atoms with Crippen LogP contribution in [0.5, 0.6) is 0 Å². The molecule has 0 aliphatic carbocycles. The highest BCUT2D eigenvalue weighted by atomic mass is 32.1. The lowest BCUT2D eigenvalue weighted by Crippen LogP contribution is -1.86. The van der Waals surface area contributed by atoms with Gasteiger partial charge in [0.25, 0.3) is 0 Å². The van der Waals surface area contributed by atoms with Crippen molar-refractivity contribution in [2.45, 2.75) is 13.8 Å². The highest BCUT2D eigenvalue weighted by Gasteiger charge is 2.05. The van der Waals surface area contributed by atoms with Crippen LogP contribution in [0.25, 0.3) is 10.6 Å². The highest BCUT2D eigenvalue weighted by Crippen LogP contribution is 2.27. The second-order valence-electron chi connectivity index (χ2n) is 3.40. The number of aromatic nitrogens is 1. The number of anilines is 1. The van der Waals surface area contributed by atoms with Crippen molar-refractivity contribution in [1.29, 1.82) is 0 Å². The molecule has 0 fully saturated rings. The van der Waals surface area contributed by atoms with Gasteiger partial charge in [0.1, 0.15) is 10.8 Å². The molecule has 1 aromatic carbocycles. The molecule has 1 heterocycles. The number of nitrogens with zero attached hydrogens (tertiary/aromatic N) is 1. The maximum Gasteiger partial charge on any atom is 0.135 e. The van der Waals surface area contributed by atoms with Gasteiger partial charge in [0, 0.05) is 10.9 Å². The van der Waals surface area contributed by atoms with E-state index < -0.39 is 0 Å². The third-order valence-corrected chi connectivity index (χ3v) is 3.03. The standard InChI is InChI=1S/C11H12N2S/c1-7-3-4-9(8(2)5-7)11-13-10(12)6-14-11/h3-6H,12H2,1-2H3. The first-order valence-corrected chi connectivity index (χ1v) is 5.33. The Bertz CT molecular complexity index is 460. The van der Waals surface area contributed by atoms with Crippen molar-refractivity contribution in [3.05, 3.63) is 34.7 Å². The van der Waals surface area contributed by atoms with Crippen LogP contribution >= 0.6 is 11.3 Å². The van der Waals surface area contributed by atoms with Crippen LogP contribution in [0, 0.1) is 13.8 Å². The average Bonchev–Trinajstić information content (AvgIpc) is 2.51. The number of rotatable bonds is 1. The van der Waals surface area contributed by atoms with Gasteiger partial charge in [-0.1, -0.05) is 23.8 Å². The van der Waals surface area contributed by atoms with Crippen LogP contribution in [0.2, 0.25) is 0 Å². The van der Waals surface area contributed by atoms with Crippen LogP contribution in [0.3, 0.4) is 0 Å². The van der Waals surface area contributed by atoms with Gasteiger partial charge in [-0.25, -0.2) is 4.98 Å². The predicted molar refractivity (Wildman–Crippen MR) is 61.4 cm³/mol. The van der Waals surface area contributed by atoms with Gasteiger partial charge < -0.3 is 5.73 Å². The normalized spacial score (nSPS) is 10.4. The minimum absolute atomic E-state index is 0.602. The van der Waals surface area contributed by atoms with Gasteiger partial charge in [0.05, 0.1) is 0 Å². The Morgan fingerprint density at radius 1 is 1.29 bits per heavy atom. The first-order valence-electron chi connectivity index (χ1n) is 4.45. The van der Waals surface area contributed by atoms with E-state index in [0.29, 0.717) is 5.82 Å². The lowest BCUT2D eigenvalue weighted by atomic mass is 10.1. The summed E-state index contributed by atoms with van der Waals surface area (Å²) in [6.45, 7) is 4.19. The molecule has 2 N–H and O–H groups in total. The zero-order valence-electron chi connectivity index (χ0n) is 8.24. The first kappa shape index (κ1) is 9.21. The number of hydrogen-bond donors (Lipinski definition) is 1. The fourth-order valence-electron chi connectivity index (χ4n) is 1.46. The maximum absolute atomic E-state index is 5.60. The zero-order valence-corrected chi connectivity index (χ0v) is 9.06. The van der Waals surface area contributed by atoms with E-state index in [0.717, 1.165) is 5.01 Å². The molecule has 0 saturated carbocycles. The molecule has 3 heteroatoms. The Labute approximate surface area is 87.4 Å². The van der Waals surface area contributed by atoms with Crippen molar-refractivity contribution in [3.8, 4) is 10.6 Å². The maximum atomic E-state index is 5.60. The summed E-state index contributed by atoms with van der Waals surface area (Å²) in [6, 6.07) is 6.36. The minimum atomic E-state index is 0.602. The Balaban J connectivity index is 2.52. The third kappa shape index (κ3) is 1.63. The van der Waals surface area contributed by atoms with Gasteiger partial charge in [-0.3, -0.25) is 0 Å². The van der Waals surface area contributed by atoms with E-state index in [1.165, 1.54) is 16.7 Å². The van der Waals surface area contributed by atoms with Crippen LogP contribution in [0.1, 0.15) is 11.1 Å². The number of nitrogen functional groups attached to an aromatic ring is 1. The summed E-state index contributed by atoms with van der Waals surface area (Å²) in [7, 11) is 0. The van der Waals surface area contributed by atoms with E-state index in [9.17, 15) is 0 Å². The number of nitrogens with two attached hydrogens (primary N) is 1. The SMILES string of the molecule is Cc1ccc(-c2nc(N)cs2)c(C)c1. The van der Waals surface area contributed by atoms with Crippen LogP contribution in [0.4, 0.5) is 5.82 Å². The molecule has 0 unspecified atom stereocenters. The summed E-state index contributed by atoms with van der Waals surface area (Å²) in [5.41, 5.74) is 9.30. The van der Waals surface area contributed by atoms with Gasteiger partial charge >= 0.3 is 0 Å². The van der Waals surface area contributed by atoms with E-state index in [-0.39, 0.29) is 0 Å². The van der Waals surface area contributed by atoms with Crippen molar-refractivity contribution in [1.82, 2.24) is 4.98 Å². The van der Waals surface area contributed by atoms with Crippen LogP contribution < -0.4 is 5.73 Å². The topological polar surface area (TPSA) is 38.9 Å². The molecule has 72 valence electrons. The number of hydrogen-bond acceptors (Lipinski definition) is 3. The van der Waals surface area contributed by atoms with Crippen molar-refractivity contribution >= 4 is 17.2 Å². The molecular weight excluding hydrogens is 192 g/mol. The molecule has 2 nitrogen and oxygen atoms in total. The minimum Gasteiger partial charge on any atom is -0.383 e. The van der Waals surface area contributed by atoms with Crippen molar-refractivity contribution in [2.24, 2.45) is 0 Å². The number of aryl methyl sites for hydroxylation is 2. The number of benzene rings is 1. The van der Waals surface area contributed by atoms with E-state index in [1.54, 1.807) is 11.3 Å². The van der Waals surface area contributed by atoms with Crippen LogP contribution in [-0.2, 0) is 0 Å². The van der Waals surface area contributed by atoms with Crippen LogP contribution in [0.15, 0.2) is 23.6 Å². The summed E-state index contributed by atoms with van der Waals surface area (Å²) >= 11 is 1.59. The Morgan fingerprint density at radius 2 is 2.07 bits per heavy atom. The Morgan fingerprint density at radius 3 is 2.64 bits per heavy atom. The third-order valence-electron chi connectivity index (χ3n) is 2.13. The molecule has 14 heavy (non-hydrogen) atoms. The average molecular weight is 204 g/mol. The van der Waals surface area contributed by atoms with Gasteiger partial charge in [0.15, 0.2) is 0 Å². The Kier molecular flexibility index (Phi) is 2.25. The van der Waals surface area contributed by atoms with E-state index in [4.69, 9.17) is 5.73 Å². The molecule has 2 aromatic rings. The lowest BCUT2D eigenvalue weighted by molar-refractivity contribution is 1.35. The summed E-state index contributed by atoms with van der Waals surface area (Å²) in [6.07, 6.45) is 0. The molecule has 0 radical (unpaired) electrons. The Hall–Kier alpha value is -1.35. The lowest BCUT2D eigenvalue weighted by Gasteiger charge is -2.02. The summed E-state index contributed by atoms with van der Waals surface area (Å²) in [5.74, 6) is 0.602. The molecule has 0 atom stereocenters. The molecule has 0 amide bonds. The molecular formula is C11H12N2S. The molecule has 0 bridgehead atoms. The fourth-order valence-corrected chi connectivity index (χ4v) is 2.26. The van der Waals surface area contributed by atoms with E-state index >= 15 is 0 Å². The second kappa shape index (κ2) is 3.42. The molecule has 0 saturated heterocycles. The van der Waals surface area contributed by atoms with Gasteiger partial charge in [-0.15, -0.1) is 11.3 Å². The predicted octanol–water partition coefficient (Wildman–Crippen LogP) is 3.01. The zero-order chi connectivity index (χ0) is 10.1. The summed E-state index contributed by atoms with van der Waals surface area (Å²) in [5, 5.41) is 2.87. The molecule has 0 aliphatic heterocycles. The molecule has 2 rings (SSSR count). The van der Waals surface area contributed by atoms with Gasteiger partial charge in [-0.05, 0) is 19.4 Å². The van der Waals surface area contributed by atoms with Crippen molar-refractivity contribution < 1.29 is 0 Å². The van der Waals surface area contributed by atoms with Crippen molar-refractivity contribution in [2.75, 3.05) is 5.73 Å². The molecule has 0 aliphatic rings. The smallest absolute Gasteiger partial charge is 0.135 e.